The molecule has 6 N–H and O–H groups in total. The molecule has 276 valence electrons. The number of azo groups is 3. The van der Waals surface area contributed by atoms with Crippen molar-refractivity contribution in [2.75, 3.05) is 17.2 Å². The Kier molecular flexibility index (Phi) is 9.19. The summed E-state index contributed by atoms with van der Waals surface area (Å²) >= 11 is 3.21. The van der Waals surface area contributed by atoms with Crippen LogP contribution in [0, 0.1) is 6.92 Å². The Balaban J connectivity index is 1.44. The Morgan fingerprint density at radius 3 is 1.17 bits per heavy atom. The Morgan fingerprint density at radius 2 is 0.833 bits per heavy atom. The molecular weight excluding hydrogens is 757 g/mol. The fraction of sp³-hybridized carbons (Fsp3) is 0.333. The van der Waals surface area contributed by atoms with E-state index in [0.29, 0.717) is 32.5 Å². The monoisotopic (exact) mass is 786 g/mol. The van der Waals surface area contributed by atoms with E-state index in [2.05, 4.69) is 63.9 Å². The molecule has 0 atom stereocenters. The predicted molar refractivity (Wildman–Crippen MR) is 199 cm³/mol. The van der Waals surface area contributed by atoms with E-state index >= 15 is 0 Å². The average Bonchev–Trinajstić information content (AvgIpc) is 3.96. The summed E-state index contributed by atoms with van der Waals surface area (Å²) in [6.45, 7) is 13.4. The third-order valence-corrected chi connectivity index (χ3v) is 8.85. The van der Waals surface area contributed by atoms with Gasteiger partial charge in [-0.15, -0.1) is 30.7 Å². The van der Waals surface area contributed by atoms with Gasteiger partial charge in [-0.1, -0.05) is 41.5 Å². The second-order valence-corrected chi connectivity index (χ2v) is 15.5. The SMILES string of the molecule is Cc1nn(-c2nc(-n3nc(C(C)(C)C)c(N=Nc4ncns4)c3N)nc(-n3nc(C(C)(C)C)c(N=Nc4ncns4)c3N)n2)c(N)c1N=Nc1ncns1. The number of hydrogen-bond donors (Lipinski definition) is 3. The number of hydrogen-bond acceptors (Lipinski definition) is 24. The number of nitrogens with zero attached hydrogens (tertiary/aromatic N) is 21. The average molecular weight is 787 g/mol. The van der Waals surface area contributed by atoms with Gasteiger partial charge in [-0.05, 0) is 6.92 Å². The van der Waals surface area contributed by atoms with E-state index in [0.717, 1.165) is 34.6 Å². The van der Waals surface area contributed by atoms with E-state index in [9.17, 15) is 0 Å². The van der Waals surface area contributed by atoms with Crippen LogP contribution in [0.1, 0.15) is 58.6 Å². The van der Waals surface area contributed by atoms with Gasteiger partial charge in [-0.3, -0.25) is 0 Å². The van der Waals surface area contributed by atoms with Gasteiger partial charge in [0.25, 0.3) is 17.8 Å². The minimum atomic E-state index is -0.551. The summed E-state index contributed by atoms with van der Waals surface area (Å²) in [5, 5.41) is 40.8. The molecular formula is C27H30N24S3. The molecule has 0 fully saturated rings. The van der Waals surface area contributed by atoms with Crippen LogP contribution < -0.4 is 17.2 Å². The molecule has 0 aliphatic carbocycles. The van der Waals surface area contributed by atoms with Crippen molar-refractivity contribution in [2.45, 2.75) is 59.3 Å². The zero-order valence-electron chi connectivity index (χ0n) is 29.6. The lowest BCUT2D eigenvalue weighted by Gasteiger charge is -2.15. The molecule has 0 amide bonds. The summed E-state index contributed by atoms with van der Waals surface area (Å²) in [4.78, 5) is 26.3. The van der Waals surface area contributed by atoms with Crippen molar-refractivity contribution in [3.8, 4) is 17.8 Å². The van der Waals surface area contributed by atoms with E-state index in [4.69, 9.17) is 42.4 Å². The summed E-state index contributed by atoms with van der Waals surface area (Å²) in [5.74, 6) is 0.0510. The number of nitrogen functional groups attached to an aromatic ring is 3. The van der Waals surface area contributed by atoms with Gasteiger partial charge in [-0.25, -0.2) is 15.0 Å². The predicted octanol–water partition coefficient (Wildman–Crippen LogP) is 5.88. The van der Waals surface area contributed by atoms with Crippen molar-refractivity contribution in [3.63, 3.8) is 0 Å². The van der Waals surface area contributed by atoms with Crippen LogP contribution in [0.3, 0.4) is 0 Å². The summed E-state index contributed by atoms with van der Waals surface area (Å²) in [7, 11) is 0. The van der Waals surface area contributed by atoms with Crippen LogP contribution in [0.2, 0.25) is 0 Å². The standard InChI is InChI=1S/C27H30N24S3/c1-11-12(40-43-23-31-8-34-52-23)17(28)49(46-11)20-37-21(50-18(29)13(15(47-50)26(2,3)4)41-44-24-32-9-35-53-24)39-22(38-20)51-19(30)14(16(48-51)27(5,6)7)42-45-25-33-10-36-54-25/h8-10H,28-30H2,1-7H3. The van der Waals surface area contributed by atoms with Gasteiger partial charge < -0.3 is 17.2 Å². The van der Waals surface area contributed by atoms with Crippen molar-refractivity contribution < 1.29 is 0 Å². The van der Waals surface area contributed by atoms with Crippen LogP contribution in [-0.2, 0) is 10.8 Å². The van der Waals surface area contributed by atoms with Crippen LogP contribution in [0.5, 0.6) is 0 Å². The smallest absolute Gasteiger partial charge is 0.259 e. The lowest BCUT2D eigenvalue weighted by molar-refractivity contribution is 0.555. The lowest BCUT2D eigenvalue weighted by Crippen LogP contribution is -2.19. The quantitative estimate of drug-likeness (QED) is 0.144. The van der Waals surface area contributed by atoms with Crippen molar-refractivity contribution in [3.05, 3.63) is 36.1 Å². The number of nitrogens with two attached hydrogens (primary N) is 3. The molecule has 0 unspecified atom stereocenters. The molecule has 0 radical (unpaired) electrons. The largest absolute Gasteiger partial charge is 0.382 e. The number of rotatable bonds is 9. The van der Waals surface area contributed by atoms with E-state index in [1.807, 2.05) is 41.5 Å². The third kappa shape index (κ3) is 7.00. The maximum atomic E-state index is 6.74. The number of aromatic nitrogens is 15. The zero-order valence-corrected chi connectivity index (χ0v) is 32.0. The molecule has 27 heteroatoms. The molecule has 0 spiro atoms. The van der Waals surface area contributed by atoms with Crippen molar-refractivity contribution in [1.29, 1.82) is 0 Å². The minimum Gasteiger partial charge on any atom is -0.382 e. The Labute approximate surface area is 317 Å². The van der Waals surface area contributed by atoms with Crippen LogP contribution >= 0.6 is 34.6 Å². The molecule has 0 aliphatic rings. The highest BCUT2D eigenvalue weighted by Crippen LogP contribution is 2.40. The highest BCUT2D eigenvalue weighted by molar-refractivity contribution is 7.09. The Hall–Kier alpha value is -6.48. The highest BCUT2D eigenvalue weighted by Gasteiger charge is 2.31. The van der Waals surface area contributed by atoms with Gasteiger partial charge in [0.1, 0.15) is 19.0 Å². The van der Waals surface area contributed by atoms with Crippen LogP contribution in [0.4, 0.5) is 49.9 Å². The minimum absolute atomic E-state index is 0.0517. The lowest BCUT2D eigenvalue weighted by atomic mass is 9.91. The van der Waals surface area contributed by atoms with Crippen LogP contribution in [0.25, 0.3) is 17.8 Å². The summed E-state index contributed by atoms with van der Waals surface area (Å²) in [6, 6.07) is 0. The van der Waals surface area contributed by atoms with Gasteiger partial charge in [0.15, 0.2) is 34.5 Å². The fourth-order valence-corrected chi connectivity index (χ4v) is 5.79. The molecule has 0 bridgehead atoms. The maximum Gasteiger partial charge on any atom is 0.259 e. The first-order chi connectivity index (χ1) is 25.7. The molecule has 0 saturated heterocycles. The Morgan fingerprint density at radius 1 is 0.500 bits per heavy atom. The van der Waals surface area contributed by atoms with Crippen LogP contribution in [-0.4, -0.2) is 72.4 Å². The molecule has 0 saturated carbocycles. The number of anilines is 3. The molecule has 7 aromatic heterocycles. The molecule has 7 aromatic rings. The van der Waals surface area contributed by atoms with E-state index in [1.165, 1.54) is 33.0 Å². The first-order valence-electron chi connectivity index (χ1n) is 15.6. The first-order valence-corrected chi connectivity index (χ1v) is 18.0. The molecule has 0 aliphatic heterocycles. The van der Waals surface area contributed by atoms with E-state index < -0.39 is 10.8 Å². The van der Waals surface area contributed by atoms with Gasteiger partial charge in [0.2, 0.25) is 15.4 Å². The van der Waals surface area contributed by atoms with Gasteiger partial charge in [-0.2, -0.15) is 57.4 Å². The van der Waals surface area contributed by atoms with Crippen molar-refractivity contribution in [1.82, 2.24) is 72.4 Å². The van der Waals surface area contributed by atoms with Gasteiger partial charge in [0, 0.05) is 45.4 Å². The maximum absolute atomic E-state index is 6.74. The van der Waals surface area contributed by atoms with Gasteiger partial charge in [0.05, 0.1) is 17.1 Å². The summed E-state index contributed by atoms with van der Waals surface area (Å²) < 4.78 is 15.8. The molecule has 54 heavy (non-hydrogen) atoms. The van der Waals surface area contributed by atoms with Crippen LogP contribution in [0.15, 0.2) is 49.7 Å². The fourth-order valence-electron chi connectivity index (χ4n) is 4.71. The third-order valence-electron chi connectivity index (χ3n) is 7.20. The molecule has 7 rings (SSSR count). The molecule has 0 aromatic carbocycles. The molecule has 7 heterocycles. The first kappa shape index (κ1) is 35.9. The second-order valence-electron chi connectivity index (χ2n) is 13.2. The summed E-state index contributed by atoms with van der Waals surface area (Å²) in [6.07, 6.45) is 4.13. The normalized spacial score (nSPS) is 12.7. The number of aryl methyl sites for hydroxylation is 1. The zero-order chi connectivity index (χ0) is 38.4. The van der Waals surface area contributed by atoms with E-state index in [1.54, 1.807) is 6.92 Å². The van der Waals surface area contributed by atoms with E-state index in [-0.39, 0.29) is 52.4 Å². The topological polar surface area (TPSA) is 322 Å². The second kappa shape index (κ2) is 13.8. The highest BCUT2D eigenvalue weighted by atomic mass is 32.1. The van der Waals surface area contributed by atoms with Crippen molar-refractivity contribution in [2.24, 2.45) is 30.7 Å². The summed E-state index contributed by atoms with van der Waals surface area (Å²) in [5.41, 5.74) is 21.2. The molecule has 24 nitrogen and oxygen atoms in total. The van der Waals surface area contributed by atoms with Gasteiger partial charge >= 0.3 is 0 Å². The van der Waals surface area contributed by atoms with Crippen molar-refractivity contribution >= 4 is 84.5 Å². The Bertz CT molecular complexity index is 2380.